The summed E-state index contributed by atoms with van der Waals surface area (Å²) in [6, 6.07) is 13.2. The van der Waals surface area contributed by atoms with Gasteiger partial charge in [0, 0.05) is 17.5 Å². The molecule has 0 aromatic heterocycles. The number of thioether (sulfide) groups is 1. The van der Waals surface area contributed by atoms with E-state index in [4.69, 9.17) is 9.47 Å². The number of hydrogen-bond acceptors (Lipinski definition) is 4. The number of ether oxygens (including phenoxy) is 2. The van der Waals surface area contributed by atoms with Crippen LogP contribution >= 0.6 is 11.8 Å². The highest BCUT2D eigenvalue weighted by Gasteiger charge is 2.12. The number of carbonyl (C=O) groups is 1. The van der Waals surface area contributed by atoms with E-state index in [1.165, 1.54) is 12.0 Å². The number of hydrogen-bond donors (Lipinski definition) is 1. The van der Waals surface area contributed by atoms with Crippen LogP contribution in [0.2, 0.25) is 0 Å². The van der Waals surface area contributed by atoms with Gasteiger partial charge in [-0.15, -0.1) is 11.8 Å². The fraction of sp³-hybridized carbons (Fsp3) is 0.235. The van der Waals surface area contributed by atoms with Crippen LogP contribution < -0.4 is 14.8 Å². The summed E-state index contributed by atoms with van der Waals surface area (Å²) in [5.41, 5.74) is 1.54. The van der Waals surface area contributed by atoms with E-state index in [0.29, 0.717) is 23.6 Å². The minimum Gasteiger partial charge on any atom is -0.497 e. The maximum absolute atomic E-state index is 12.3. The molecule has 0 heterocycles. The molecule has 0 fully saturated rings. The minimum absolute atomic E-state index is 0.173. The van der Waals surface area contributed by atoms with E-state index >= 15 is 0 Å². The molecule has 22 heavy (non-hydrogen) atoms. The van der Waals surface area contributed by atoms with Gasteiger partial charge in [-0.2, -0.15) is 0 Å². The molecule has 0 atom stereocenters. The summed E-state index contributed by atoms with van der Waals surface area (Å²) in [4.78, 5) is 13.5. The van der Waals surface area contributed by atoms with E-state index in [9.17, 15) is 4.79 Å². The number of amides is 1. The van der Waals surface area contributed by atoms with Crippen LogP contribution in [0.25, 0.3) is 0 Å². The lowest BCUT2D eigenvalue weighted by atomic mass is 10.1. The Labute approximate surface area is 134 Å². The molecule has 0 unspecified atom stereocenters. The SMILES string of the molecule is COc1ccc(C(=O)NCc2ccc(SC)cc2)c(OC)c1. The third-order valence-corrected chi connectivity index (χ3v) is 4.01. The van der Waals surface area contributed by atoms with Crippen LogP contribution in [0, 0.1) is 0 Å². The van der Waals surface area contributed by atoms with Crippen molar-refractivity contribution in [3.63, 3.8) is 0 Å². The number of methoxy groups -OCH3 is 2. The molecule has 0 aliphatic rings. The first-order chi connectivity index (χ1) is 10.7. The zero-order chi connectivity index (χ0) is 15.9. The number of nitrogens with one attached hydrogen (secondary N) is 1. The molecular weight excluding hydrogens is 298 g/mol. The third kappa shape index (κ3) is 3.95. The van der Waals surface area contributed by atoms with Crippen molar-refractivity contribution in [3.05, 3.63) is 53.6 Å². The first kappa shape index (κ1) is 16.2. The summed E-state index contributed by atoms with van der Waals surface area (Å²) in [5.74, 6) is 0.976. The predicted molar refractivity (Wildman–Crippen MR) is 88.9 cm³/mol. The molecule has 0 spiro atoms. The Kier molecular flexibility index (Phi) is 5.72. The molecular formula is C17H19NO3S. The van der Waals surface area contributed by atoms with Gasteiger partial charge in [-0.3, -0.25) is 4.79 Å². The lowest BCUT2D eigenvalue weighted by Crippen LogP contribution is -2.23. The van der Waals surface area contributed by atoms with Crippen LogP contribution in [0.15, 0.2) is 47.4 Å². The molecule has 2 rings (SSSR count). The highest BCUT2D eigenvalue weighted by Crippen LogP contribution is 2.24. The van der Waals surface area contributed by atoms with Crippen LogP contribution in [-0.4, -0.2) is 26.4 Å². The highest BCUT2D eigenvalue weighted by atomic mass is 32.2. The molecule has 0 aliphatic heterocycles. The fourth-order valence-electron chi connectivity index (χ4n) is 2.01. The summed E-state index contributed by atoms with van der Waals surface area (Å²) in [7, 11) is 3.11. The van der Waals surface area contributed by atoms with Crippen molar-refractivity contribution in [1.82, 2.24) is 5.32 Å². The summed E-state index contributed by atoms with van der Waals surface area (Å²) in [6.45, 7) is 0.475. The van der Waals surface area contributed by atoms with E-state index < -0.39 is 0 Å². The van der Waals surface area contributed by atoms with E-state index in [1.54, 1.807) is 37.1 Å². The van der Waals surface area contributed by atoms with Gasteiger partial charge in [-0.25, -0.2) is 0 Å². The Balaban J connectivity index is 2.05. The first-order valence-electron chi connectivity index (χ1n) is 6.81. The van der Waals surface area contributed by atoms with Crippen molar-refractivity contribution in [2.75, 3.05) is 20.5 Å². The Hall–Kier alpha value is -2.14. The van der Waals surface area contributed by atoms with Crippen molar-refractivity contribution < 1.29 is 14.3 Å². The zero-order valence-electron chi connectivity index (χ0n) is 12.9. The van der Waals surface area contributed by atoms with Gasteiger partial charge in [-0.1, -0.05) is 12.1 Å². The van der Waals surface area contributed by atoms with E-state index in [0.717, 1.165) is 5.56 Å². The lowest BCUT2D eigenvalue weighted by molar-refractivity contribution is 0.0948. The molecule has 116 valence electrons. The zero-order valence-corrected chi connectivity index (χ0v) is 13.7. The van der Waals surface area contributed by atoms with Gasteiger partial charge >= 0.3 is 0 Å². The van der Waals surface area contributed by atoms with Crippen molar-refractivity contribution >= 4 is 17.7 Å². The Morgan fingerprint density at radius 1 is 1.09 bits per heavy atom. The third-order valence-electron chi connectivity index (χ3n) is 3.27. The standard InChI is InChI=1S/C17H19NO3S/c1-20-13-6-9-15(16(10-13)21-2)17(19)18-11-12-4-7-14(22-3)8-5-12/h4-10H,11H2,1-3H3,(H,18,19). The van der Waals surface area contributed by atoms with E-state index in [2.05, 4.69) is 5.32 Å². The summed E-state index contributed by atoms with van der Waals surface area (Å²) in [6.07, 6.45) is 2.03. The molecule has 1 N–H and O–H groups in total. The molecule has 2 aromatic carbocycles. The molecule has 0 aliphatic carbocycles. The molecule has 2 aromatic rings. The van der Waals surface area contributed by atoms with Gasteiger partial charge in [0.05, 0.1) is 19.8 Å². The van der Waals surface area contributed by atoms with Crippen molar-refractivity contribution in [2.24, 2.45) is 0 Å². The van der Waals surface area contributed by atoms with Gasteiger partial charge in [0.1, 0.15) is 11.5 Å². The average Bonchev–Trinajstić information content (AvgIpc) is 2.59. The quantitative estimate of drug-likeness (QED) is 0.830. The Morgan fingerprint density at radius 2 is 1.82 bits per heavy atom. The molecule has 0 saturated carbocycles. The van der Waals surface area contributed by atoms with Crippen molar-refractivity contribution in [3.8, 4) is 11.5 Å². The second-order valence-corrected chi connectivity index (χ2v) is 5.48. The largest absolute Gasteiger partial charge is 0.497 e. The summed E-state index contributed by atoms with van der Waals surface area (Å²) >= 11 is 1.69. The lowest BCUT2D eigenvalue weighted by Gasteiger charge is -2.11. The summed E-state index contributed by atoms with van der Waals surface area (Å²) in [5, 5.41) is 2.90. The van der Waals surface area contributed by atoms with Gasteiger partial charge in [0.2, 0.25) is 0 Å². The molecule has 0 radical (unpaired) electrons. The summed E-state index contributed by atoms with van der Waals surface area (Å²) < 4.78 is 10.4. The number of rotatable bonds is 6. The first-order valence-corrected chi connectivity index (χ1v) is 8.03. The molecule has 5 heteroatoms. The van der Waals surface area contributed by atoms with Crippen LogP contribution in [0.4, 0.5) is 0 Å². The van der Waals surface area contributed by atoms with Gasteiger partial charge in [-0.05, 0) is 36.1 Å². The van der Waals surface area contributed by atoms with Crippen LogP contribution in [0.5, 0.6) is 11.5 Å². The van der Waals surface area contributed by atoms with E-state index in [-0.39, 0.29) is 5.91 Å². The van der Waals surface area contributed by atoms with Crippen LogP contribution in [-0.2, 0) is 6.54 Å². The second-order valence-electron chi connectivity index (χ2n) is 4.60. The maximum Gasteiger partial charge on any atom is 0.255 e. The number of benzene rings is 2. The average molecular weight is 317 g/mol. The molecule has 0 bridgehead atoms. The van der Waals surface area contributed by atoms with Gasteiger partial charge in [0.15, 0.2) is 0 Å². The molecule has 0 saturated heterocycles. The van der Waals surface area contributed by atoms with Crippen LogP contribution in [0.1, 0.15) is 15.9 Å². The Bertz CT molecular complexity index is 641. The Morgan fingerprint density at radius 3 is 2.41 bits per heavy atom. The van der Waals surface area contributed by atoms with Crippen LogP contribution in [0.3, 0.4) is 0 Å². The van der Waals surface area contributed by atoms with Crippen molar-refractivity contribution in [2.45, 2.75) is 11.4 Å². The van der Waals surface area contributed by atoms with Gasteiger partial charge in [0.25, 0.3) is 5.91 Å². The second kappa shape index (κ2) is 7.75. The van der Waals surface area contributed by atoms with Gasteiger partial charge < -0.3 is 14.8 Å². The fourth-order valence-corrected chi connectivity index (χ4v) is 2.42. The minimum atomic E-state index is -0.173. The van der Waals surface area contributed by atoms with Crippen molar-refractivity contribution in [1.29, 1.82) is 0 Å². The predicted octanol–water partition coefficient (Wildman–Crippen LogP) is 3.36. The maximum atomic E-state index is 12.3. The molecule has 4 nitrogen and oxygen atoms in total. The highest BCUT2D eigenvalue weighted by molar-refractivity contribution is 7.98. The monoisotopic (exact) mass is 317 g/mol. The van der Waals surface area contributed by atoms with E-state index in [1.807, 2.05) is 30.5 Å². The topological polar surface area (TPSA) is 47.6 Å². The molecule has 1 amide bonds. The normalized spacial score (nSPS) is 10.1. The number of carbonyl (C=O) groups excluding carboxylic acids is 1. The smallest absolute Gasteiger partial charge is 0.255 e.